The Labute approximate surface area is 140 Å². The fourth-order valence-electron chi connectivity index (χ4n) is 1.91. The van der Waals surface area contributed by atoms with Crippen LogP contribution in [0.3, 0.4) is 0 Å². The van der Waals surface area contributed by atoms with Crippen LogP contribution in [0.2, 0.25) is 0 Å². The molecule has 3 aromatic heterocycles. The summed E-state index contributed by atoms with van der Waals surface area (Å²) in [4.78, 5) is 37.2. The molecule has 0 saturated carbocycles. The number of aromatic nitrogens is 5. The Morgan fingerprint density at radius 1 is 1.38 bits per heavy atom. The minimum Gasteiger partial charge on any atom is -0.382 e. The van der Waals surface area contributed by atoms with E-state index in [2.05, 4.69) is 25.4 Å². The highest BCUT2D eigenvalue weighted by Crippen LogP contribution is 2.18. The first-order valence-electron chi connectivity index (χ1n) is 6.90. The van der Waals surface area contributed by atoms with Gasteiger partial charge in [0.1, 0.15) is 0 Å². The summed E-state index contributed by atoms with van der Waals surface area (Å²) in [6, 6.07) is 2.93. The molecule has 0 unspecified atom stereocenters. The van der Waals surface area contributed by atoms with Crippen molar-refractivity contribution in [2.75, 3.05) is 11.1 Å². The third kappa shape index (κ3) is 3.43. The van der Waals surface area contributed by atoms with E-state index in [-0.39, 0.29) is 23.6 Å². The third-order valence-electron chi connectivity index (χ3n) is 3.00. The van der Waals surface area contributed by atoms with Crippen molar-refractivity contribution >= 4 is 28.2 Å². The Balaban J connectivity index is 1.84. The minimum absolute atomic E-state index is 0.00195. The van der Waals surface area contributed by atoms with Crippen molar-refractivity contribution in [3.8, 4) is 0 Å². The molecule has 3 aromatic rings. The largest absolute Gasteiger partial charge is 0.382 e. The van der Waals surface area contributed by atoms with Crippen LogP contribution in [0.4, 0.5) is 10.9 Å². The number of aryl methyl sites for hydroxylation is 1. The molecule has 0 fully saturated rings. The van der Waals surface area contributed by atoms with E-state index in [0.717, 1.165) is 4.88 Å². The molecule has 3 heterocycles. The summed E-state index contributed by atoms with van der Waals surface area (Å²) in [5, 5.41) is 7.01. The Bertz CT molecular complexity index is 950. The van der Waals surface area contributed by atoms with Gasteiger partial charge in [-0.2, -0.15) is 5.10 Å². The van der Waals surface area contributed by atoms with Gasteiger partial charge in [0.2, 0.25) is 0 Å². The average molecular weight is 343 g/mol. The maximum absolute atomic E-state index is 12.3. The number of nitrogens with one attached hydrogen (secondary N) is 1. The van der Waals surface area contributed by atoms with Crippen LogP contribution in [0.5, 0.6) is 0 Å². The van der Waals surface area contributed by atoms with Gasteiger partial charge in [-0.1, -0.05) is 0 Å². The molecule has 3 rings (SSSR count). The molecule has 0 radical (unpaired) electrons. The fraction of sp³-hybridized carbons (Fsp3) is 0.143. The summed E-state index contributed by atoms with van der Waals surface area (Å²) in [6.07, 6.45) is 4.55. The van der Waals surface area contributed by atoms with Crippen molar-refractivity contribution < 1.29 is 4.79 Å². The number of hydrogen-bond acceptors (Lipinski definition) is 8. The van der Waals surface area contributed by atoms with Gasteiger partial charge in [0.05, 0.1) is 18.4 Å². The molecule has 0 aromatic carbocycles. The molecule has 3 N–H and O–H groups in total. The van der Waals surface area contributed by atoms with Gasteiger partial charge in [-0.25, -0.2) is 19.6 Å². The van der Waals surface area contributed by atoms with Crippen LogP contribution >= 0.6 is 11.3 Å². The number of nitrogen functional groups attached to an aromatic ring is 1. The zero-order valence-corrected chi connectivity index (χ0v) is 13.4. The van der Waals surface area contributed by atoms with Crippen LogP contribution < -0.4 is 16.6 Å². The Hall–Kier alpha value is -3.14. The Morgan fingerprint density at radius 3 is 2.92 bits per heavy atom. The predicted molar refractivity (Wildman–Crippen MR) is 88.8 cm³/mol. The number of carbonyl (C=O) groups excluding carboxylic acids is 1. The van der Waals surface area contributed by atoms with Gasteiger partial charge < -0.3 is 5.73 Å². The minimum atomic E-state index is -0.510. The lowest BCUT2D eigenvalue weighted by atomic mass is 10.3. The fourth-order valence-corrected chi connectivity index (χ4v) is 2.57. The quantitative estimate of drug-likeness (QED) is 0.712. The smallest absolute Gasteiger partial charge is 0.279 e. The number of rotatable bonds is 4. The first kappa shape index (κ1) is 15.7. The van der Waals surface area contributed by atoms with Crippen molar-refractivity contribution in [2.24, 2.45) is 0 Å². The number of carbonyl (C=O) groups is 1. The van der Waals surface area contributed by atoms with Crippen LogP contribution in [0.15, 0.2) is 35.5 Å². The van der Waals surface area contributed by atoms with Crippen LogP contribution in [0, 0.1) is 6.92 Å². The molecule has 9 nitrogen and oxygen atoms in total. The Morgan fingerprint density at radius 2 is 2.21 bits per heavy atom. The molecular weight excluding hydrogens is 330 g/mol. The van der Waals surface area contributed by atoms with Crippen molar-refractivity contribution in [1.82, 2.24) is 24.7 Å². The molecular formula is C14H13N7O2S. The van der Waals surface area contributed by atoms with E-state index in [1.807, 2.05) is 6.92 Å². The maximum atomic E-state index is 12.3. The van der Waals surface area contributed by atoms with E-state index in [9.17, 15) is 9.59 Å². The van der Waals surface area contributed by atoms with Crippen molar-refractivity contribution in [1.29, 1.82) is 0 Å². The van der Waals surface area contributed by atoms with Crippen LogP contribution in [-0.4, -0.2) is 30.6 Å². The molecule has 1 amide bonds. The topological polar surface area (TPSA) is 129 Å². The lowest BCUT2D eigenvalue weighted by molar-refractivity contribution is 0.102. The molecule has 0 aliphatic rings. The second-order valence-corrected chi connectivity index (χ2v) is 6.08. The number of amides is 1. The maximum Gasteiger partial charge on any atom is 0.279 e. The number of thiazole rings is 1. The number of nitrogens with zero attached hydrogens (tertiary/aromatic N) is 5. The van der Waals surface area contributed by atoms with E-state index in [1.165, 1.54) is 34.5 Å². The number of anilines is 2. The van der Waals surface area contributed by atoms with Gasteiger partial charge in [-0.3, -0.25) is 14.9 Å². The monoisotopic (exact) mass is 343 g/mol. The second kappa shape index (κ2) is 6.54. The van der Waals surface area contributed by atoms with Crippen molar-refractivity contribution in [3.05, 3.63) is 57.3 Å². The molecule has 24 heavy (non-hydrogen) atoms. The molecule has 122 valence electrons. The van der Waals surface area contributed by atoms with E-state index >= 15 is 0 Å². The van der Waals surface area contributed by atoms with E-state index in [0.29, 0.717) is 10.8 Å². The molecule has 0 atom stereocenters. The molecule has 0 saturated heterocycles. The van der Waals surface area contributed by atoms with E-state index in [4.69, 9.17) is 5.73 Å². The SMILES string of the molecule is Cc1cnc(NC(=O)c2nc(Cn3ncccc3=O)cnc2N)s1. The standard InChI is InChI=1S/C14H13N7O2S/c1-8-5-17-14(24-8)20-13(23)11-12(15)16-6-9(19-11)7-21-10(22)3-2-4-18-21/h2-6H,7H2,1H3,(H2,15,16)(H,17,20,23). The highest BCUT2D eigenvalue weighted by atomic mass is 32.1. The molecule has 0 aliphatic heterocycles. The van der Waals surface area contributed by atoms with E-state index < -0.39 is 5.91 Å². The third-order valence-corrected chi connectivity index (χ3v) is 3.83. The van der Waals surface area contributed by atoms with Crippen molar-refractivity contribution in [2.45, 2.75) is 13.5 Å². The number of hydrogen-bond donors (Lipinski definition) is 2. The summed E-state index contributed by atoms with van der Waals surface area (Å²) < 4.78 is 1.21. The van der Waals surface area contributed by atoms with E-state index in [1.54, 1.807) is 12.3 Å². The van der Waals surface area contributed by atoms with Gasteiger partial charge in [0, 0.05) is 23.3 Å². The summed E-state index contributed by atoms with van der Waals surface area (Å²) in [5.74, 6) is -0.512. The first-order chi connectivity index (χ1) is 11.5. The number of nitrogens with two attached hydrogens (primary N) is 1. The highest BCUT2D eigenvalue weighted by Gasteiger charge is 2.16. The second-order valence-electron chi connectivity index (χ2n) is 4.84. The van der Waals surface area contributed by atoms with Gasteiger partial charge in [-0.05, 0) is 13.0 Å². The molecule has 0 bridgehead atoms. The first-order valence-corrected chi connectivity index (χ1v) is 7.72. The lowest BCUT2D eigenvalue weighted by Crippen LogP contribution is -2.23. The zero-order chi connectivity index (χ0) is 17.1. The van der Waals surface area contributed by atoms with Gasteiger partial charge >= 0.3 is 0 Å². The normalized spacial score (nSPS) is 10.5. The van der Waals surface area contributed by atoms with Crippen LogP contribution in [0.25, 0.3) is 0 Å². The Kier molecular flexibility index (Phi) is 4.29. The van der Waals surface area contributed by atoms with Crippen molar-refractivity contribution in [3.63, 3.8) is 0 Å². The average Bonchev–Trinajstić information content (AvgIpc) is 2.96. The molecule has 0 spiro atoms. The lowest BCUT2D eigenvalue weighted by Gasteiger charge is -2.07. The zero-order valence-electron chi connectivity index (χ0n) is 12.6. The van der Waals surface area contributed by atoms with Gasteiger partial charge in [0.15, 0.2) is 16.6 Å². The van der Waals surface area contributed by atoms with Crippen LogP contribution in [0.1, 0.15) is 21.1 Å². The van der Waals surface area contributed by atoms with Crippen LogP contribution in [-0.2, 0) is 6.54 Å². The van der Waals surface area contributed by atoms with Gasteiger partial charge in [-0.15, -0.1) is 11.3 Å². The molecule has 10 heteroatoms. The highest BCUT2D eigenvalue weighted by molar-refractivity contribution is 7.15. The molecule has 0 aliphatic carbocycles. The summed E-state index contributed by atoms with van der Waals surface area (Å²) in [5.41, 5.74) is 5.83. The predicted octanol–water partition coefficient (Wildman–Crippen LogP) is 0.681. The summed E-state index contributed by atoms with van der Waals surface area (Å²) >= 11 is 1.34. The summed E-state index contributed by atoms with van der Waals surface area (Å²) in [6.45, 7) is 1.97. The van der Waals surface area contributed by atoms with Gasteiger partial charge in [0.25, 0.3) is 11.5 Å². The summed E-state index contributed by atoms with van der Waals surface area (Å²) in [7, 11) is 0.